The van der Waals surface area contributed by atoms with Crippen LogP contribution in [0.25, 0.3) is 0 Å². The molecule has 3 aromatic rings. The van der Waals surface area contributed by atoms with Crippen molar-refractivity contribution >= 4 is 11.8 Å². The van der Waals surface area contributed by atoms with Crippen molar-refractivity contribution in [1.29, 1.82) is 0 Å². The Morgan fingerprint density at radius 2 is 1.56 bits per heavy atom. The van der Waals surface area contributed by atoms with Crippen LogP contribution in [0.1, 0.15) is 48.1 Å². The van der Waals surface area contributed by atoms with Gasteiger partial charge in [-0.1, -0.05) is 67.1 Å². The highest BCUT2D eigenvalue weighted by Gasteiger charge is 2.40. The van der Waals surface area contributed by atoms with Crippen LogP contribution in [0.5, 0.6) is 0 Å². The van der Waals surface area contributed by atoms with Gasteiger partial charge in [-0.2, -0.15) is 4.98 Å². The molecule has 4 N–H and O–H groups in total. The Balaban J connectivity index is 1.66. The van der Waals surface area contributed by atoms with Gasteiger partial charge >= 0.3 is 0 Å². The van der Waals surface area contributed by atoms with E-state index in [1.807, 2.05) is 0 Å². The fourth-order valence-corrected chi connectivity index (χ4v) is 5.66. The van der Waals surface area contributed by atoms with Crippen LogP contribution in [0.4, 0.5) is 11.8 Å². The first-order valence-corrected chi connectivity index (χ1v) is 11.9. The number of hydrogen-bond donors (Lipinski definition) is 2. The van der Waals surface area contributed by atoms with Crippen LogP contribution in [0.3, 0.4) is 0 Å². The normalized spacial score (nSPS) is 20.0. The number of nitrogens with two attached hydrogens (primary N) is 2. The molecule has 2 aromatic carbocycles. The van der Waals surface area contributed by atoms with E-state index in [0.717, 1.165) is 63.1 Å². The summed E-state index contributed by atoms with van der Waals surface area (Å²) in [6, 6.07) is 21.9. The van der Waals surface area contributed by atoms with Crippen LogP contribution >= 0.6 is 0 Å². The van der Waals surface area contributed by atoms with E-state index >= 15 is 0 Å². The summed E-state index contributed by atoms with van der Waals surface area (Å²) in [7, 11) is 0. The molecule has 2 heterocycles. The third-order valence-corrected chi connectivity index (χ3v) is 7.13. The van der Waals surface area contributed by atoms with Crippen molar-refractivity contribution in [2.75, 3.05) is 23.7 Å². The number of fused-ring (bicyclic) bond motifs is 1. The minimum atomic E-state index is -0.109. The second-order valence-corrected chi connectivity index (χ2v) is 9.54. The van der Waals surface area contributed by atoms with Gasteiger partial charge in [0.2, 0.25) is 5.95 Å². The molecule has 5 heteroatoms. The first-order chi connectivity index (χ1) is 15.6. The molecular formula is C27H33N5. The van der Waals surface area contributed by atoms with Gasteiger partial charge in [0.25, 0.3) is 0 Å². The van der Waals surface area contributed by atoms with Gasteiger partial charge in [-0.15, -0.1) is 0 Å². The molecular weight excluding hydrogens is 394 g/mol. The Morgan fingerprint density at radius 1 is 0.906 bits per heavy atom. The maximum absolute atomic E-state index is 6.36. The molecule has 1 aromatic heterocycles. The predicted molar refractivity (Wildman–Crippen MR) is 131 cm³/mol. The number of nitrogen functional groups attached to an aromatic ring is 1. The highest BCUT2D eigenvalue weighted by atomic mass is 15.2. The molecule has 1 aliphatic heterocycles. The zero-order chi connectivity index (χ0) is 22.0. The number of aromatic nitrogens is 2. The second-order valence-electron chi connectivity index (χ2n) is 9.54. The van der Waals surface area contributed by atoms with Crippen molar-refractivity contribution in [2.45, 2.75) is 56.4 Å². The molecule has 0 amide bonds. The van der Waals surface area contributed by atoms with Crippen molar-refractivity contribution in [1.82, 2.24) is 9.97 Å². The van der Waals surface area contributed by atoms with E-state index in [9.17, 15) is 0 Å². The Labute approximate surface area is 190 Å². The van der Waals surface area contributed by atoms with Crippen LogP contribution < -0.4 is 16.4 Å². The monoisotopic (exact) mass is 427 g/mol. The SMILES string of the molecule is Nc1nc(N2CCC(N)C2)c2c(n1)C(Cc1ccccc1)(Cc1ccccc1)CCCC2. The van der Waals surface area contributed by atoms with Gasteiger partial charge in [-0.05, 0) is 49.7 Å². The quantitative estimate of drug-likeness (QED) is 0.601. The number of anilines is 2. The maximum atomic E-state index is 6.36. The molecule has 0 saturated carbocycles. The smallest absolute Gasteiger partial charge is 0.222 e. The molecule has 2 aliphatic rings. The van der Waals surface area contributed by atoms with Crippen molar-refractivity contribution < 1.29 is 0 Å². The van der Waals surface area contributed by atoms with Gasteiger partial charge in [-0.25, -0.2) is 4.98 Å². The molecule has 32 heavy (non-hydrogen) atoms. The van der Waals surface area contributed by atoms with E-state index in [2.05, 4.69) is 65.6 Å². The highest BCUT2D eigenvalue weighted by molar-refractivity contribution is 5.56. The first kappa shape index (κ1) is 21.0. The van der Waals surface area contributed by atoms with Crippen LogP contribution in [0, 0.1) is 0 Å². The fourth-order valence-electron chi connectivity index (χ4n) is 5.66. The second kappa shape index (κ2) is 8.91. The Bertz CT molecular complexity index is 1010. The molecule has 1 unspecified atom stereocenters. The number of rotatable bonds is 5. The zero-order valence-electron chi connectivity index (χ0n) is 18.7. The highest BCUT2D eigenvalue weighted by Crippen LogP contribution is 2.43. The Morgan fingerprint density at radius 3 is 2.16 bits per heavy atom. The van der Waals surface area contributed by atoms with E-state index in [1.165, 1.54) is 23.1 Å². The summed E-state index contributed by atoms with van der Waals surface area (Å²) < 4.78 is 0. The van der Waals surface area contributed by atoms with E-state index in [1.54, 1.807) is 0 Å². The predicted octanol–water partition coefficient (Wildman–Crippen LogP) is 4.05. The van der Waals surface area contributed by atoms with Crippen LogP contribution in [-0.4, -0.2) is 29.1 Å². The van der Waals surface area contributed by atoms with Gasteiger partial charge in [0, 0.05) is 30.1 Å². The first-order valence-electron chi connectivity index (χ1n) is 11.9. The number of benzene rings is 2. The average Bonchev–Trinajstić information content (AvgIpc) is 3.16. The Hall–Kier alpha value is -2.92. The van der Waals surface area contributed by atoms with E-state index in [0.29, 0.717) is 5.95 Å². The van der Waals surface area contributed by atoms with Crippen LogP contribution in [-0.2, 0) is 24.7 Å². The van der Waals surface area contributed by atoms with Crippen molar-refractivity contribution in [3.05, 3.63) is 83.0 Å². The minimum Gasteiger partial charge on any atom is -0.368 e. The number of nitrogens with zero attached hydrogens (tertiary/aromatic N) is 3. The van der Waals surface area contributed by atoms with Crippen molar-refractivity contribution in [3.63, 3.8) is 0 Å². The lowest BCUT2D eigenvalue weighted by Crippen LogP contribution is -2.35. The molecule has 1 aliphatic carbocycles. The maximum Gasteiger partial charge on any atom is 0.222 e. The Kier molecular flexibility index (Phi) is 5.83. The van der Waals surface area contributed by atoms with Crippen LogP contribution in [0.15, 0.2) is 60.7 Å². The lowest BCUT2D eigenvalue weighted by molar-refractivity contribution is 0.370. The minimum absolute atomic E-state index is 0.109. The standard InChI is InChI=1S/C27H33N5/c28-22-14-16-32(19-22)25-23-13-7-8-15-27(24(23)30-26(29)31-25,17-20-9-3-1-4-10-20)18-21-11-5-2-6-12-21/h1-6,9-12,22H,7-8,13-19,28H2,(H2,29,30,31). The fraction of sp³-hybridized carbons (Fsp3) is 0.407. The summed E-state index contributed by atoms with van der Waals surface area (Å²) in [5, 5.41) is 0. The lowest BCUT2D eigenvalue weighted by Gasteiger charge is -2.35. The molecule has 0 bridgehead atoms. The molecule has 1 saturated heterocycles. The van der Waals surface area contributed by atoms with Gasteiger partial charge in [0.05, 0.1) is 5.69 Å². The van der Waals surface area contributed by atoms with Gasteiger partial charge in [0.15, 0.2) is 0 Å². The zero-order valence-corrected chi connectivity index (χ0v) is 18.7. The van der Waals surface area contributed by atoms with Crippen molar-refractivity contribution in [3.8, 4) is 0 Å². The van der Waals surface area contributed by atoms with Gasteiger partial charge < -0.3 is 16.4 Å². The van der Waals surface area contributed by atoms with Gasteiger partial charge in [0.1, 0.15) is 5.82 Å². The molecule has 166 valence electrons. The van der Waals surface area contributed by atoms with E-state index in [4.69, 9.17) is 21.4 Å². The summed E-state index contributed by atoms with van der Waals surface area (Å²) in [6.07, 6.45) is 7.32. The largest absolute Gasteiger partial charge is 0.368 e. The summed E-state index contributed by atoms with van der Waals surface area (Å²) in [5.41, 5.74) is 17.6. The molecule has 5 nitrogen and oxygen atoms in total. The molecule has 5 rings (SSSR count). The summed E-state index contributed by atoms with van der Waals surface area (Å²) >= 11 is 0. The topological polar surface area (TPSA) is 81.1 Å². The average molecular weight is 428 g/mol. The number of hydrogen-bond acceptors (Lipinski definition) is 5. The van der Waals surface area contributed by atoms with Gasteiger partial charge in [-0.3, -0.25) is 0 Å². The third kappa shape index (κ3) is 4.22. The lowest BCUT2D eigenvalue weighted by atomic mass is 9.70. The van der Waals surface area contributed by atoms with Crippen LogP contribution in [0.2, 0.25) is 0 Å². The summed E-state index contributed by atoms with van der Waals surface area (Å²) in [4.78, 5) is 12.1. The molecule has 0 spiro atoms. The summed E-state index contributed by atoms with van der Waals surface area (Å²) in [6.45, 7) is 1.78. The molecule has 1 fully saturated rings. The van der Waals surface area contributed by atoms with E-state index in [-0.39, 0.29) is 11.5 Å². The van der Waals surface area contributed by atoms with E-state index < -0.39 is 0 Å². The van der Waals surface area contributed by atoms with Crippen molar-refractivity contribution in [2.24, 2.45) is 5.73 Å². The molecule has 0 radical (unpaired) electrons. The summed E-state index contributed by atoms with van der Waals surface area (Å²) in [5.74, 6) is 1.40. The third-order valence-electron chi connectivity index (χ3n) is 7.13. The molecule has 1 atom stereocenters.